The SMILES string of the molecule is Cc1cc(Cl)ccc1NCC(=O)N/N=C\c1ccc(Cl)cc1. The fourth-order valence-corrected chi connectivity index (χ4v) is 2.12. The van der Waals surface area contributed by atoms with Crippen molar-refractivity contribution in [2.45, 2.75) is 6.92 Å². The standard InChI is InChI=1S/C16H15Cl2N3O/c1-11-8-14(18)6-7-15(11)19-10-16(22)21-20-9-12-2-4-13(17)5-3-12/h2-9,19H,10H2,1H3,(H,21,22)/b20-9-. The van der Waals surface area contributed by atoms with Crippen LogP contribution in [0.2, 0.25) is 10.0 Å². The summed E-state index contributed by atoms with van der Waals surface area (Å²) in [5.41, 5.74) is 5.15. The van der Waals surface area contributed by atoms with Gasteiger partial charge in [-0.25, -0.2) is 5.43 Å². The van der Waals surface area contributed by atoms with Gasteiger partial charge in [0.05, 0.1) is 12.8 Å². The van der Waals surface area contributed by atoms with Crippen LogP contribution < -0.4 is 10.7 Å². The van der Waals surface area contributed by atoms with E-state index in [0.717, 1.165) is 16.8 Å². The van der Waals surface area contributed by atoms with Crippen LogP contribution in [0.5, 0.6) is 0 Å². The molecule has 0 aliphatic carbocycles. The molecule has 114 valence electrons. The average molecular weight is 336 g/mol. The zero-order valence-electron chi connectivity index (χ0n) is 11.9. The summed E-state index contributed by atoms with van der Waals surface area (Å²) >= 11 is 11.7. The normalized spacial score (nSPS) is 10.7. The number of nitrogens with zero attached hydrogens (tertiary/aromatic N) is 1. The molecule has 0 aromatic heterocycles. The first-order valence-electron chi connectivity index (χ1n) is 6.62. The molecule has 2 N–H and O–H groups in total. The largest absolute Gasteiger partial charge is 0.376 e. The smallest absolute Gasteiger partial charge is 0.259 e. The van der Waals surface area contributed by atoms with Gasteiger partial charge in [0.1, 0.15) is 0 Å². The van der Waals surface area contributed by atoms with Gasteiger partial charge in [0, 0.05) is 15.7 Å². The van der Waals surface area contributed by atoms with Gasteiger partial charge < -0.3 is 5.32 Å². The van der Waals surface area contributed by atoms with E-state index >= 15 is 0 Å². The molecule has 0 fully saturated rings. The lowest BCUT2D eigenvalue weighted by Crippen LogP contribution is -2.26. The Hall–Kier alpha value is -2.04. The summed E-state index contributed by atoms with van der Waals surface area (Å²) < 4.78 is 0. The summed E-state index contributed by atoms with van der Waals surface area (Å²) in [4.78, 5) is 11.7. The molecule has 0 saturated heterocycles. The quantitative estimate of drug-likeness (QED) is 0.643. The highest BCUT2D eigenvalue weighted by atomic mass is 35.5. The minimum atomic E-state index is -0.237. The number of carbonyl (C=O) groups is 1. The van der Waals surface area contributed by atoms with E-state index in [-0.39, 0.29) is 12.5 Å². The molecule has 0 aliphatic heterocycles. The molecule has 0 heterocycles. The molecule has 0 spiro atoms. The van der Waals surface area contributed by atoms with Crippen molar-refractivity contribution >= 4 is 41.0 Å². The fourth-order valence-electron chi connectivity index (χ4n) is 1.77. The van der Waals surface area contributed by atoms with E-state index < -0.39 is 0 Å². The Morgan fingerprint density at radius 3 is 2.50 bits per heavy atom. The van der Waals surface area contributed by atoms with Crippen molar-refractivity contribution in [2.24, 2.45) is 5.10 Å². The van der Waals surface area contributed by atoms with Gasteiger partial charge in [-0.2, -0.15) is 5.10 Å². The van der Waals surface area contributed by atoms with E-state index in [1.54, 1.807) is 24.4 Å². The molecule has 0 bridgehead atoms. The van der Waals surface area contributed by atoms with Gasteiger partial charge >= 0.3 is 0 Å². The second-order valence-electron chi connectivity index (χ2n) is 4.66. The maximum absolute atomic E-state index is 11.7. The van der Waals surface area contributed by atoms with Crippen LogP contribution in [-0.2, 0) is 4.79 Å². The third kappa shape index (κ3) is 5.06. The summed E-state index contributed by atoms with van der Waals surface area (Å²) in [5, 5.41) is 8.25. The van der Waals surface area contributed by atoms with Crippen LogP contribution in [0.25, 0.3) is 0 Å². The lowest BCUT2D eigenvalue weighted by Gasteiger charge is -2.08. The van der Waals surface area contributed by atoms with Crippen molar-refractivity contribution in [3.05, 3.63) is 63.6 Å². The van der Waals surface area contributed by atoms with Crippen molar-refractivity contribution < 1.29 is 4.79 Å². The summed E-state index contributed by atoms with van der Waals surface area (Å²) in [6.45, 7) is 2.05. The third-order valence-corrected chi connectivity index (χ3v) is 3.39. The highest BCUT2D eigenvalue weighted by molar-refractivity contribution is 6.31. The van der Waals surface area contributed by atoms with Crippen LogP contribution in [0.3, 0.4) is 0 Å². The number of hydrazone groups is 1. The summed E-state index contributed by atoms with van der Waals surface area (Å²) in [5.74, 6) is -0.237. The van der Waals surface area contributed by atoms with Gasteiger partial charge in [0.15, 0.2) is 0 Å². The van der Waals surface area contributed by atoms with Crippen molar-refractivity contribution in [3.8, 4) is 0 Å². The second-order valence-corrected chi connectivity index (χ2v) is 5.53. The number of carbonyl (C=O) groups excluding carboxylic acids is 1. The summed E-state index contributed by atoms with van der Waals surface area (Å²) in [6.07, 6.45) is 1.56. The predicted molar refractivity (Wildman–Crippen MR) is 91.9 cm³/mol. The van der Waals surface area contributed by atoms with E-state index in [2.05, 4.69) is 15.8 Å². The molecule has 0 aliphatic rings. The molecular formula is C16H15Cl2N3O. The molecule has 2 aromatic rings. The van der Waals surface area contributed by atoms with Crippen molar-refractivity contribution in [1.82, 2.24) is 5.43 Å². The number of nitrogens with one attached hydrogen (secondary N) is 2. The van der Waals surface area contributed by atoms with Gasteiger partial charge in [-0.3, -0.25) is 4.79 Å². The molecule has 0 unspecified atom stereocenters. The number of halogens is 2. The fraction of sp³-hybridized carbons (Fsp3) is 0.125. The molecule has 0 atom stereocenters. The van der Waals surface area contributed by atoms with Gasteiger partial charge in [-0.1, -0.05) is 35.3 Å². The highest BCUT2D eigenvalue weighted by Crippen LogP contribution is 2.19. The van der Waals surface area contributed by atoms with E-state index in [0.29, 0.717) is 10.0 Å². The lowest BCUT2D eigenvalue weighted by atomic mass is 10.2. The van der Waals surface area contributed by atoms with Crippen LogP contribution in [0.1, 0.15) is 11.1 Å². The van der Waals surface area contributed by atoms with Crippen molar-refractivity contribution in [3.63, 3.8) is 0 Å². The van der Waals surface area contributed by atoms with Gasteiger partial charge in [0.25, 0.3) is 5.91 Å². The number of amides is 1. The number of rotatable bonds is 5. The van der Waals surface area contributed by atoms with E-state index in [1.165, 1.54) is 0 Å². The molecule has 0 saturated carbocycles. The maximum Gasteiger partial charge on any atom is 0.259 e. The zero-order valence-corrected chi connectivity index (χ0v) is 13.4. The van der Waals surface area contributed by atoms with Gasteiger partial charge in [0.2, 0.25) is 0 Å². The predicted octanol–water partition coefficient (Wildman–Crippen LogP) is 3.86. The molecule has 6 heteroatoms. The first-order chi connectivity index (χ1) is 10.5. The maximum atomic E-state index is 11.7. The topological polar surface area (TPSA) is 53.5 Å². The van der Waals surface area contributed by atoms with Gasteiger partial charge in [-0.15, -0.1) is 0 Å². The first kappa shape index (κ1) is 16.3. The molecular weight excluding hydrogens is 321 g/mol. The Morgan fingerprint density at radius 1 is 1.14 bits per heavy atom. The molecule has 0 radical (unpaired) electrons. The van der Waals surface area contributed by atoms with Crippen LogP contribution in [-0.4, -0.2) is 18.7 Å². The van der Waals surface area contributed by atoms with Crippen LogP contribution in [0, 0.1) is 6.92 Å². The van der Waals surface area contributed by atoms with Crippen LogP contribution >= 0.6 is 23.2 Å². The summed E-state index contributed by atoms with van der Waals surface area (Å²) in [6, 6.07) is 12.6. The Morgan fingerprint density at radius 2 is 1.82 bits per heavy atom. The number of aryl methyl sites for hydroxylation is 1. The molecule has 2 rings (SSSR count). The number of hydrogen-bond acceptors (Lipinski definition) is 3. The van der Waals surface area contributed by atoms with E-state index in [9.17, 15) is 4.79 Å². The van der Waals surface area contributed by atoms with Crippen molar-refractivity contribution in [1.29, 1.82) is 0 Å². The van der Waals surface area contributed by atoms with Crippen molar-refractivity contribution in [2.75, 3.05) is 11.9 Å². The molecule has 4 nitrogen and oxygen atoms in total. The Kier molecular flexibility index (Phi) is 5.81. The van der Waals surface area contributed by atoms with E-state index in [4.69, 9.17) is 23.2 Å². The van der Waals surface area contributed by atoms with E-state index in [1.807, 2.05) is 31.2 Å². The molecule has 22 heavy (non-hydrogen) atoms. The van der Waals surface area contributed by atoms with Gasteiger partial charge in [-0.05, 0) is 48.4 Å². The Bertz CT molecular complexity index is 684. The van der Waals surface area contributed by atoms with Crippen LogP contribution in [0.4, 0.5) is 5.69 Å². The third-order valence-electron chi connectivity index (χ3n) is 2.90. The number of benzene rings is 2. The minimum Gasteiger partial charge on any atom is -0.376 e. The monoisotopic (exact) mass is 335 g/mol. The second kappa shape index (κ2) is 7.82. The number of anilines is 1. The summed E-state index contributed by atoms with van der Waals surface area (Å²) in [7, 11) is 0. The Labute approximate surface area is 139 Å². The highest BCUT2D eigenvalue weighted by Gasteiger charge is 2.02. The molecule has 2 aromatic carbocycles. The zero-order chi connectivity index (χ0) is 15.9. The Balaban J connectivity index is 1.81. The molecule has 1 amide bonds. The number of hydrogen-bond donors (Lipinski definition) is 2. The first-order valence-corrected chi connectivity index (χ1v) is 7.38. The lowest BCUT2D eigenvalue weighted by molar-refractivity contribution is -0.119. The minimum absolute atomic E-state index is 0.125. The average Bonchev–Trinajstić information content (AvgIpc) is 2.48. The van der Waals surface area contributed by atoms with Crippen LogP contribution in [0.15, 0.2) is 47.6 Å².